The molecule has 0 radical (unpaired) electrons. The smallest absolute Gasteiger partial charge is 0.394 e. The second kappa shape index (κ2) is 21.2. The van der Waals surface area contributed by atoms with E-state index in [0.717, 1.165) is 12.8 Å². The van der Waals surface area contributed by atoms with Gasteiger partial charge in [-0.25, -0.2) is 4.57 Å². The highest BCUT2D eigenvalue weighted by atomic mass is 31.2. The molecular formula is C21H46NO6P. The number of hydrogen-bond donors (Lipinski definition) is 3. The molecule has 0 amide bonds. The molecular weight excluding hydrogens is 393 g/mol. The Morgan fingerprint density at radius 2 is 1.28 bits per heavy atom. The van der Waals surface area contributed by atoms with E-state index in [-0.39, 0.29) is 26.4 Å². The Hall–Kier alpha value is -0.0100. The molecule has 0 aliphatic heterocycles. The Morgan fingerprint density at radius 1 is 0.793 bits per heavy atom. The zero-order chi connectivity index (χ0) is 21.6. The van der Waals surface area contributed by atoms with E-state index in [2.05, 4.69) is 11.4 Å². The van der Waals surface area contributed by atoms with Crippen LogP contribution < -0.4 is 5.73 Å². The molecule has 0 aliphatic rings. The Labute approximate surface area is 178 Å². The molecule has 4 N–H and O–H groups in total. The number of unbranched alkanes of at least 4 members (excludes halogenated alkanes) is 13. The monoisotopic (exact) mass is 439 g/mol. The number of hydrogen-bond acceptors (Lipinski definition) is 6. The van der Waals surface area contributed by atoms with E-state index in [4.69, 9.17) is 15.0 Å². The fourth-order valence-electron chi connectivity index (χ4n) is 3.08. The number of aliphatic hydroxyl groups is 1. The minimum Gasteiger partial charge on any atom is -0.394 e. The molecule has 0 aromatic carbocycles. The largest absolute Gasteiger partial charge is 0.472 e. The van der Waals surface area contributed by atoms with Crippen LogP contribution >= 0.6 is 7.82 Å². The second-order valence-electron chi connectivity index (χ2n) is 7.66. The van der Waals surface area contributed by atoms with Gasteiger partial charge in [0.05, 0.1) is 19.8 Å². The minimum atomic E-state index is -4.12. The van der Waals surface area contributed by atoms with Crippen LogP contribution in [0.25, 0.3) is 0 Å². The van der Waals surface area contributed by atoms with Gasteiger partial charge in [0.2, 0.25) is 0 Å². The molecule has 0 bridgehead atoms. The van der Waals surface area contributed by atoms with Gasteiger partial charge in [-0.1, -0.05) is 90.4 Å². The lowest BCUT2D eigenvalue weighted by molar-refractivity contribution is -0.0224. The average Bonchev–Trinajstić information content (AvgIpc) is 2.71. The van der Waals surface area contributed by atoms with Crippen molar-refractivity contribution in [3.8, 4) is 0 Å². The van der Waals surface area contributed by atoms with Gasteiger partial charge in [-0.15, -0.1) is 0 Å². The molecule has 0 saturated carbocycles. The van der Waals surface area contributed by atoms with E-state index >= 15 is 0 Å². The number of rotatable bonds is 23. The van der Waals surface area contributed by atoms with Crippen LogP contribution in [0, 0.1) is 0 Å². The number of ether oxygens (including phenoxy) is 1. The SMILES string of the molecule is CCCCCCCCCCCCCCCCOC(CO)COP(=O)(O)OCCN. The first kappa shape index (κ1) is 29.0. The topological polar surface area (TPSA) is 111 Å². The molecule has 0 spiro atoms. The summed E-state index contributed by atoms with van der Waals surface area (Å²) in [5.41, 5.74) is 5.21. The summed E-state index contributed by atoms with van der Waals surface area (Å²) < 4.78 is 26.5. The van der Waals surface area contributed by atoms with Gasteiger partial charge in [-0.2, -0.15) is 0 Å². The summed E-state index contributed by atoms with van der Waals surface area (Å²) in [5.74, 6) is 0. The van der Waals surface area contributed by atoms with Crippen LogP contribution in [0.5, 0.6) is 0 Å². The van der Waals surface area contributed by atoms with Crippen LogP contribution in [0.1, 0.15) is 96.8 Å². The third-order valence-corrected chi connectivity index (χ3v) is 5.84. The Morgan fingerprint density at radius 3 is 1.72 bits per heavy atom. The van der Waals surface area contributed by atoms with Gasteiger partial charge in [0.1, 0.15) is 6.10 Å². The van der Waals surface area contributed by atoms with Crippen LogP contribution in [0.15, 0.2) is 0 Å². The van der Waals surface area contributed by atoms with E-state index in [1.165, 1.54) is 77.0 Å². The second-order valence-corrected chi connectivity index (χ2v) is 9.11. The average molecular weight is 440 g/mol. The molecule has 8 heteroatoms. The summed E-state index contributed by atoms with van der Waals surface area (Å²) in [7, 11) is -4.12. The number of phosphoric acid groups is 1. The van der Waals surface area contributed by atoms with Crippen LogP contribution in [-0.4, -0.2) is 49.1 Å². The zero-order valence-corrected chi connectivity index (χ0v) is 19.5. The third-order valence-electron chi connectivity index (χ3n) is 4.85. The predicted octanol–water partition coefficient (Wildman–Crippen LogP) is 4.94. The zero-order valence-electron chi connectivity index (χ0n) is 18.6. The predicted molar refractivity (Wildman–Crippen MR) is 118 cm³/mol. The highest BCUT2D eigenvalue weighted by molar-refractivity contribution is 7.47. The number of phosphoric ester groups is 1. The van der Waals surface area contributed by atoms with Gasteiger partial charge in [0, 0.05) is 13.2 Å². The summed E-state index contributed by atoms with van der Waals surface area (Å²) in [6.45, 7) is 2.38. The number of aliphatic hydroxyl groups excluding tert-OH is 1. The molecule has 7 nitrogen and oxygen atoms in total. The lowest BCUT2D eigenvalue weighted by atomic mass is 10.0. The third kappa shape index (κ3) is 21.0. The highest BCUT2D eigenvalue weighted by Crippen LogP contribution is 2.42. The summed E-state index contributed by atoms with van der Waals surface area (Å²) in [4.78, 5) is 9.41. The highest BCUT2D eigenvalue weighted by Gasteiger charge is 2.23. The first-order chi connectivity index (χ1) is 14.1. The van der Waals surface area contributed by atoms with Crippen molar-refractivity contribution >= 4 is 7.82 Å². The van der Waals surface area contributed by atoms with E-state index in [1.54, 1.807) is 0 Å². The van der Waals surface area contributed by atoms with Gasteiger partial charge < -0.3 is 20.5 Å². The van der Waals surface area contributed by atoms with E-state index in [0.29, 0.717) is 6.61 Å². The van der Waals surface area contributed by atoms with Crippen molar-refractivity contribution in [2.75, 3.05) is 33.0 Å². The van der Waals surface area contributed by atoms with Crippen LogP contribution in [0.4, 0.5) is 0 Å². The molecule has 176 valence electrons. The summed E-state index contributed by atoms with van der Waals surface area (Å²) in [6.07, 6.45) is 17.5. The van der Waals surface area contributed by atoms with Crippen LogP contribution in [-0.2, 0) is 18.3 Å². The summed E-state index contributed by atoms with van der Waals surface area (Å²) in [6, 6.07) is 0. The quantitative estimate of drug-likeness (QED) is 0.153. The standard InChI is InChI=1S/C21H46NO6P/c1-2-3-4-5-6-7-8-9-10-11-12-13-14-15-17-26-21(19-23)20-28-29(24,25)27-18-16-22/h21,23H,2-20,22H2,1H3,(H,24,25). The molecule has 0 saturated heterocycles. The van der Waals surface area contributed by atoms with Crippen molar-refractivity contribution in [3.05, 3.63) is 0 Å². The van der Waals surface area contributed by atoms with Gasteiger partial charge in [0.25, 0.3) is 0 Å². The van der Waals surface area contributed by atoms with Crippen molar-refractivity contribution < 1.29 is 28.3 Å². The molecule has 0 rings (SSSR count). The van der Waals surface area contributed by atoms with Crippen molar-refractivity contribution in [3.63, 3.8) is 0 Å². The van der Waals surface area contributed by atoms with Crippen molar-refractivity contribution in [2.45, 2.75) is 103 Å². The fraction of sp³-hybridized carbons (Fsp3) is 1.00. The normalized spacial score (nSPS) is 14.8. The molecule has 2 atom stereocenters. The van der Waals surface area contributed by atoms with E-state index in [9.17, 15) is 14.6 Å². The van der Waals surface area contributed by atoms with Gasteiger partial charge in [0.15, 0.2) is 0 Å². The Kier molecular flexibility index (Phi) is 21.2. The summed E-state index contributed by atoms with van der Waals surface area (Å²) >= 11 is 0. The van der Waals surface area contributed by atoms with Crippen LogP contribution in [0.2, 0.25) is 0 Å². The van der Waals surface area contributed by atoms with Crippen molar-refractivity contribution in [2.24, 2.45) is 5.73 Å². The first-order valence-electron chi connectivity index (χ1n) is 11.6. The van der Waals surface area contributed by atoms with Gasteiger partial charge in [-0.3, -0.25) is 9.05 Å². The first-order valence-corrected chi connectivity index (χ1v) is 13.1. The molecule has 0 aromatic heterocycles. The van der Waals surface area contributed by atoms with Gasteiger partial charge >= 0.3 is 7.82 Å². The minimum absolute atomic E-state index is 0.0581. The Balaban J connectivity index is 3.42. The molecule has 2 unspecified atom stereocenters. The van der Waals surface area contributed by atoms with Crippen molar-refractivity contribution in [1.29, 1.82) is 0 Å². The maximum Gasteiger partial charge on any atom is 0.472 e. The molecule has 0 aliphatic carbocycles. The maximum atomic E-state index is 11.5. The maximum absolute atomic E-state index is 11.5. The van der Waals surface area contributed by atoms with Gasteiger partial charge in [-0.05, 0) is 6.42 Å². The lowest BCUT2D eigenvalue weighted by Crippen LogP contribution is -2.24. The molecule has 0 aromatic rings. The van der Waals surface area contributed by atoms with Crippen LogP contribution in [0.3, 0.4) is 0 Å². The van der Waals surface area contributed by atoms with E-state index < -0.39 is 13.9 Å². The molecule has 0 heterocycles. The van der Waals surface area contributed by atoms with Crippen molar-refractivity contribution in [1.82, 2.24) is 0 Å². The van der Waals surface area contributed by atoms with E-state index in [1.807, 2.05) is 0 Å². The fourth-order valence-corrected chi connectivity index (χ4v) is 3.85. The molecule has 29 heavy (non-hydrogen) atoms. The Bertz CT molecular complexity index is 386. The number of nitrogens with two attached hydrogens (primary N) is 1. The molecule has 0 fully saturated rings. The summed E-state index contributed by atoms with van der Waals surface area (Å²) in [5, 5.41) is 9.28. The lowest BCUT2D eigenvalue weighted by Gasteiger charge is -2.17.